The first-order valence-corrected chi connectivity index (χ1v) is 10.3. The summed E-state index contributed by atoms with van der Waals surface area (Å²) in [5.41, 5.74) is 3.53. The van der Waals surface area contributed by atoms with Crippen LogP contribution in [0.2, 0.25) is 0 Å². The molecule has 0 spiro atoms. The predicted octanol–water partition coefficient (Wildman–Crippen LogP) is 4.70. The second-order valence-corrected chi connectivity index (χ2v) is 8.31. The van der Waals surface area contributed by atoms with Crippen LogP contribution in [0.5, 0.6) is 0 Å². The summed E-state index contributed by atoms with van der Waals surface area (Å²) < 4.78 is 2.01. The molecule has 1 aromatic carbocycles. The minimum atomic E-state index is 0.883. The summed E-state index contributed by atoms with van der Waals surface area (Å²) in [7, 11) is 0. The van der Waals surface area contributed by atoms with E-state index in [1.807, 2.05) is 28.4 Å². The van der Waals surface area contributed by atoms with Crippen LogP contribution < -0.4 is 5.32 Å². The molecule has 4 nitrogen and oxygen atoms in total. The molecule has 0 radical (unpaired) electrons. The number of rotatable bonds is 7. The van der Waals surface area contributed by atoms with E-state index in [-0.39, 0.29) is 0 Å². The summed E-state index contributed by atoms with van der Waals surface area (Å²) in [6.45, 7) is 3.90. The highest BCUT2D eigenvalue weighted by molar-refractivity contribution is 7.16. The highest BCUT2D eigenvalue weighted by Crippen LogP contribution is 2.29. The van der Waals surface area contributed by atoms with Crippen LogP contribution in [-0.2, 0) is 13.0 Å². The van der Waals surface area contributed by atoms with E-state index in [4.69, 9.17) is 0 Å². The third-order valence-electron chi connectivity index (χ3n) is 4.15. The van der Waals surface area contributed by atoms with Gasteiger partial charge in [-0.2, -0.15) is 0 Å². The van der Waals surface area contributed by atoms with Gasteiger partial charge in [0.25, 0.3) is 0 Å². The number of hydrogen-bond acceptors (Lipinski definition) is 5. The lowest BCUT2D eigenvalue weighted by molar-refractivity contribution is 0.690. The van der Waals surface area contributed by atoms with E-state index in [1.54, 1.807) is 17.5 Å². The second kappa shape index (κ2) is 7.95. The van der Waals surface area contributed by atoms with E-state index in [0.717, 1.165) is 35.9 Å². The molecule has 0 atom stereocenters. The molecule has 0 saturated heterocycles. The zero-order chi connectivity index (χ0) is 17.8. The molecule has 4 rings (SSSR count). The van der Waals surface area contributed by atoms with Crippen LogP contribution >= 0.6 is 22.7 Å². The lowest BCUT2D eigenvalue weighted by atomic mass is 10.2. The number of thiazole rings is 1. The molecular formula is C20H20N4S2. The maximum Gasteiger partial charge on any atom is 0.0991 e. The van der Waals surface area contributed by atoms with Crippen LogP contribution in [0, 0.1) is 6.92 Å². The molecule has 0 unspecified atom stereocenters. The van der Waals surface area contributed by atoms with E-state index in [0.29, 0.717) is 0 Å². The van der Waals surface area contributed by atoms with Gasteiger partial charge < -0.3 is 9.88 Å². The molecule has 6 heteroatoms. The minimum Gasteiger partial charge on any atom is -0.312 e. The van der Waals surface area contributed by atoms with E-state index >= 15 is 0 Å². The fraction of sp³-hybridized carbons (Fsp3) is 0.200. The van der Waals surface area contributed by atoms with Gasteiger partial charge in [0.2, 0.25) is 0 Å². The van der Waals surface area contributed by atoms with Crippen LogP contribution in [-0.4, -0.2) is 21.1 Å². The molecule has 0 amide bonds. The molecule has 26 heavy (non-hydrogen) atoms. The molecule has 0 aliphatic rings. The number of nitrogens with one attached hydrogen (secondary N) is 1. The second-order valence-electron chi connectivity index (χ2n) is 6.08. The van der Waals surface area contributed by atoms with Crippen molar-refractivity contribution in [2.75, 3.05) is 6.54 Å². The first kappa shape index (κ1) is 17.1. The van der Waals surface area contributed by atoms with Crippen molar-refractivity contribution < 1.29 is 0 Å². The first-order chi connectivity index (χ1) is 12.8. The fourth-order valence-corrected chi connectivity index (χ4v) is 4.42. The van der Waals surface area contributed by atoms with Crippen molar-refractivity contribution in [1.29, 1.82) is 0 Å². The molecule has 0 bridgehead atoms. The number of nitrogens with zero attached hydrogens (tertiary/aromatic N) is 3. The number of thiophene rings is 1. The maximum atomic E-state index is 4.56. The average Bonchev–Trinajstić information content (AvgIpc) is 3.41. The van der Waals surface area contributed by atoms with Gasteiger partial charge in [0.1, 0.15) is 0 Å². The van der Waals surface area contributed by atoms with Gasteiger partial charge in [-0.1, -0.05) is 12.1 Å². The van der Waals surface area contributed by atoms with E-state index in [9.17, 15) is 0 Å². The standard InChI is InChI=1S/C20H20N4S2/c1-15-23-19(13-25-15)20-7-6-18(26-20)8-9-21-12-16-2-4-17(5-3-16)24-11-10-22-14-24/h2-7,10-11,13-14,21H,8-9,12H2,1H3. The molecule has 1 N–H and O–H groups in total. The summed E-state index contributed by atoms with van der Waals surface area (Å²) in [4.78, 5) is 11.3. The van der Waals surface area contributed by atoms with Crippen LogP contribution in [0.15, 0.2) is 60.5 Å². The molecule has 4 aromatic rings. The van der Waals surface area contributed by atoms with Gasteiger partial charge in [-0.25, -0.2) is 9.97 Å². The van der Waals surface area contributed by atoms with Crippen LogP contribution in [0.1, 0.15) is 15.4 Å². The lowest BCUT2D eigenvalue weighted by Gasteiger charge is -2.06. The predicted molar refractivity (Wildman–Crippen MR) is 109 cm³/mol. The summed E-state index contributed by atoms with van der Waals surface area (Å²) in [5, 5.41) is 6.79. The summed E-state index contributed by atoms with van der Waals surface area (Å²) >= 11 is 3.55. The Morgan fingerprint density at radius 2 is 2.00 bits per heavy atom. The molecule has 3 aromatic heterocycles. The molecule has 0 aliphatic heterocycles. The largest absolute Gasteiger partial charge is 0.312 e. The smallest absolute Gasteiger partial charge is 0.0991 e. The van der Waals surface area contributed by atoms with Crippen LogP contribution in [0.4, 0.5) is 0 Å². The average molecular weight is 381 g/mol. The lowest BCUT2D eigenvalue weighted by Crippen LogP contribution is -2.16. The van der Waals surface area contributed by atoms with Crippen molar-refractivity contribution in [2.45, 2.75) is 19.9 Å². The monoisotopic (exact) mass is 380 g/mol. The number of aromatic nitrogens is 3. The van der Waals surface area contributed by atoms with Crippen molar-refractivity contribution in [1.82, 2.24) is 19.9 Å². The van der Waals surface area contributed by atoms with E-state index < -0.39 is 0 Å². The Kier molecular flexibility index (Phi) is 5.24. The number of imidazole rings is 1. The Balaban J connectivity index is 1.26. The third kappa shape index (κ3) is 4.09. The van der Waals surface area contributed by atoms with Gasteiger partial charge in [0.05, 0.1) is 21.9 Å². The van der Waals surface area contributed by atoms with E-state index in [1.165, 1.54) is 15.3 Å². The Labute approximate surface area is 161 Å². The quantitative estimate of drug-likeness (QED) is 0.473. The first-order valence-electron chi connectivity index (χ1n) is 8.57. The molecule has 0 fully saturated rings. The van der Waals surface area contributed by atoms with Crippen molar-refractivity contribution in [3.8, 4) is 16.3 Å². The van der Waals surface area contributed by atoms with Gasteiger partial charge in [-0.3, -0.25) is 0 Å². The van der Waals surface area contributed by atoms with Gasteiger partial charge in [-0.15, -0.1) is 22.7 Å². The number of aryl methyl sites for hydroxylation is 1. The molecule has 3 heterocycles. The Hall–Kier alpha value is -2.28. The maximum absolute atomic E-state index is 4.56. The molecule has 0 saturated carbocycles. The van der Waals surface area contributed by atoms with Crippen molar-refractivity contribution in [3.05, 3.63) is 75.9 Å². The Morgan fingerprint density at radius 1 is 1.12 bits per heavy atom. The minimum absolute atomic E-state index is 0.883. The van der Waals surface area contributed by atoms with Crippen LogP contribution in [0.3, 0.4) is 0 Å². The zero-order valence-corrected chi connectivity index (χ0v) is 16.2. The Bertz CT molecular complexity index is 952. The third-order valence-corrected chi connectivity index (χ3v) is 6.09. The van der Waals surface area contributed by atoms with E-state index in [2.05, 4.69) is 64.0 Å². The van der Waals surface area contributed by atoms with Gasteiger partial charge in [-0.05, 0) is 43.2 Å². The van der Waals surface area contributed by atoms with Crippen molar-refractivity contribution in [2.24, 2.45) is 0 Å². The summed E-state index contributed by atoms with van der Waals surface area (Å²) in [5.74, 6) is 0. The Morgan fingerprint density at radius 3 is 2.73 bits per heavy atom. The summed E-state index contributed by atoms with van der Waals surface area (Å²) in [6.07, 6.45) is 6.60. The molecule has 132 valence electrons. The molecular weight excluding hydrogens is 360 g/mol. The van der Waals surface area contributed by atoms with Crippen LogP contribution in [0.25, 0.3) is 16.3 Å². The highest BCUT2D eigenvalue weighted by atomic mass is 32.1. The topological polar surface area (TPSA) is 42.7 Å². The number of hydrogen-bond donors (Lipinski definition) is 1. The fourth-order valence-electron chi connectivity index (χ4n) is 2.77. The van der Waals surface area contributed by atoms with Gasteiger partial charge >= 0.3 is 0 Å². The normalized spacial score (nSPS) is 11.1. The zero-order valence-electron chi connectivity index (χ0n) is 14.6. The highest BCUT2D eigenvalue weighted by Gasteiger charge is 2.06. The van der Waals surface area contributed by atoms with Crippen molar-refractivity contribution >= 4 is 22.7 Å². The SMILES string of the molecule is Cc1nc(-c2ccc(CCNCc3ccc(-n4ccnc4)cc3)s2)cs1. The molecule has 0 aliphatic carbocycles. The van der Waals surface area contributed by atoms with Gasteiger partial charge in [0, 0.05) is 41.4 Å². The van der Waals surface area contributed by atoms with Gasteiger partial charge in [0.15, 0.2) is 0 Å². The van der Waals surface area contributed by atoms with Crippen molar-refractivity contribution in [3.63, 3.8) is 0 Å². The number of benzene rings is 1. The summed E-state index contributed by atoms with van der Waals surface area (Å²) in [6, 6.07) is 13.0.